The number of hydrogen-bond acceptors (Lipinski definition) is 5. The van der Waals surface area contributed by atoms with Crippen molar-refractivity contribution in [1.82, 2.24) is 0 Å². The minimum atomic E-state index is -0.472. The molecule has 3 aromatic rings. The van der Waals surface area contributed by atoms with Gasteiger partial charge >= 0.3 is 0 Å². The van der Waals surface area contributed by atoms with Gasteiger partial charge in [-0.05, 0) is 55.0 Å². The van der Waals surface area contributed by atoms with Gasteiger partial charge in [-0.15, -0.1) is 0 Å². The standard InChI is InChI=1S/C25H21ClN2O4/c1-15-19(26)8-6-9-20(15)27-23-22(18-7-4-5-10-21(18)32-3)24(29)28(25(23)30)16-11-13-17(31-2)14-12-16/h4-14,27H,1-3H3. The van der Waals surface area contributed by atoms with Crippen LogP contribution in [0.4, 0.5) is 11.4 Å². The number of carbonyl (C=O) groups excluding carboxylic acids is 2. The molecular formula is C25H21ClN2O4. The molecule has 0 fully saturated rings. The molecule has 162 valence electrons. The molecule has 4 rings (SSSR count). The van der Waals surface area contributed by atoms with Crippen LogP contribution in [0, 0.1) is 6.92 Å². The Kier molecular flexibility index (Phi) is 5.88. The van der Waals surface area contributed by atoms with E-state index in [0.717, 1.165) is 10.5 Å². The molecule has 1 heterocycles. The van der Waals surface area contributed by atoms with Crippen LogP contribution in [-0.4, -0.2) is 26.0 Å². The van der Waals surface area contributed by atoms with Crippen molar-refractivity contribution in [1.29, 1.82) is 0 Å². The van der Waals surface area contributed by atoms with Crippen molar-refractivity contribution in [2.75, 3.05) is 24.4 Å². The van der Waals surface area contributed by atoms with Gasteiger partial charge in [0.1, 0.15) is 17.2 Å². The van der Waals surface area contributed by atoms with Crippen molar-refractivity contribution in [2.24, 2.45) is 0 Å². The van der Waals surface area contributed by atoms with E-state index in [1.165, 1.54) is 7.11 Å². The summed E-state index contributed by atoms with van der Waals surface area (Å²) in [6.07, 6.45) is 0. The number of para-hydroxylation sites is 1. The Hall–Kier alpha value is -3.77. The lowest BCUT2D eigenvalue weighted by Crippen LogP contribution is -2.32. The van der Waals surface area contributed by atoms with Crippen LogP contribution < -0.4 is 19.7 Å². The molecule has 0 unspecified atom stereocenters. The summed E-state index contributed by atoms with van der Waals surface area (Å²) in [5.74, 6) is 0.188. The van der Waals surface area contributed by atoms with Crippen molar-refractivity contribution >= 4 is 40.4 Å². The van der Waals surface area contributed by atoms with Crippen LogP contribution in [0.3, 0.4) is 0 Å². The topological polar surface area (TPSA) is 67.9 Å². The zero-order valence-electron chi connectivity index (χ0n) is 17.8. The number of hydrogen-bond donors (Lipinski definition) is 1. The Morgan fingerprint density at radius 3 is 2.25 bits per heavy atom. The summed E-state index contributed by atoms with van der Waals surface area (Å²) in [6.45, 7) is 1.84. The lowest BCUT2D eigenvalue weighted by atomic mass is 10.0. The second kappa shape index (κ2) is 8.77. The van der Waals surface area contributed by atoms with Crippen LogP contribution in [0.2, 0.25) is 5.02 Å². The molecule has 0 aliphatic carbocycles. The van der Waals surface area contributed by atoms with E-state index in [1.807, 2.05) is 13.0 Å². The highest BCUT2D eigenvalue weighted by atomic mass is 35.5. The fraction of sp³-hybridized carbons (Fsp3) is 0.120. The molecule has 1 aliphatic rings. The SMILES string of the molecule is COc1ccc(N2C(=O)C(Nc3cccc(Cl)c3C)=C(c3ccccc3OC)C2=O)cc1. The van der Waals surface area contributed by atoms with E-state index in [4.69, 9.17) is 21.1 Å². The van der Waals surface area contributed by atoms with Gasteiger partial charge in [0.25, 0.3) is 11.8 Å². The Labute approximate surface area is 191 Å². The molecular weight excluding hydrogens is 428 g/mol. The quantitative estimate of drug-likeness (QED) is 0.534. The molecule has 0 bridgehead atoms. The molecule has 3 aromatic carbocycles. The molecule has 32 heavy (non-hydrogen) atoms. The summed E-state index contributed by atoms with van der Waals surface area (Å²) in [4.78, 5) is 28.3. The van der Waals surface area contributed by atoms with Gasteiger partial charge in [-0.3, -0.25) is 9.59 Å². The summed E-state index contributed by atoms with van der Waals surface area (Å²) in [5.41, 5.74) is 2.74. The van der Waals surface area contributed by atoms with E-state index in [-0.39, 0.29) is 11.3 Å². The fourth-order valence-corrected chi connectivity index (χ4v) is 3.76. The first-order valence-electron chi connectivity index (χ1n) is 9.89. The second-order valence-corrected chi connectivity index (χ2v) is 7.54. The zero-order valence-corrected chi connectivity index (χ0v) is 18.6. The second-order valence-electron chi connectivity index (χ2n) is 7.13. The normalized spacial score (nSPS) is 13.6. The Bertz CT molecular complexity index is 1230. The number of imide groups is 1. The number of amides is 2. The predicted octanol–water partition coefficient (Wildman–Crippen LogP) is 5.06. The van der Waals surface area contributed by atoms with Crippen molar-refractivity contribution in [3.05, 3.63) is 88.6 Å². The highest BCUT2D eigenvalue weighted by Crippen LogP contribution is 2.38. The number of nitrogens with zero attached hydrogens (tertiary/aromatic N) is 1. The largest absolute Gasteiger partial charge is 0.497 e. The van der Waals surface area contributed by atoms with Crippen molar-refractivity contribution in [3.8, 4) is 11.5 Å². The van der Waals surface area contributed by atoms with E-state index in [1.54, 1.807) is 67.8 Å². The van der Waals surface area contributed by atoms with Gasteiger partial charge in [0, 0.05) is 16.3 Å². The molecule has 0 saturated heterocycles. The van der Waals surface area contributed by atoms with E-state index >= 15 is 0 Å². The Balaban J connectivity index is 1.86. The number of ether oxygens (including phenoxy) is 2. The van der Waals surface area contributed by atoms with E-state index < -0.39 is 11.8 Å². The molecule has 1 aliphatic heterocycles. The van der Waals surface area contributed by atoms with Gasteiger partial charge in [0.2, 0.25) is 0 Å². The lowest BCUT2D eigenvalue weighted by Gasteiger charge is -2.16. The third kappa shape index (κ3) is 3.69. The summed E-state index contributed by atoms with van der Waals surface area (Å²) in [7, 11) is 3.08. The van der Waals surface area contributed by atoms with Gasteiger partial charge in [0.15, 0.2) is 0 Å². The molecule has 0 atom stereocenters. The average molecular weight is 449 g/mol. The van der Waals surface area contributed by atoms with Crippen LogP contribution >= 0.6 is 11.6 Å². The highest BCUT2D eigenvalue weighted by Gasteiger charge is 2.41. The molecule has 6 nitrogen and oxygen atoms in total. The number of halogens is 1. The van der Waals surface area contributed by atoms with Crippen molar-refractivity contribution in [2.45, 2.75) is 6.92 Å². The highest BCUT2D eigenvalue weighted by molar-refractivity contribution is 6.46. The average Bonchev–Trinajstić information content (AvgIpc) is 3.06. The first-order valence-corrected chi connectivity index (χ1v) is 10.3. The van der Waals surface area contributed by atoms with E-state index in [2.05, 4.69) is 5.32 Å². The van der Waals surface area contributed by atoms with Gasteiger partial charge in [-0.2, -0.15) is 0 Å². The van der Waals surface area contributed by atoms with E-state index in [0.29, 0.717) is 33.5 Å². The third-order valence-corrected chi connectivity index (χ3v) is 5.73. The number of rotatable bonds is 6. The van der Waals surface area contributed by atoms with Gasteiger partial charge < -0.3 is 14.8 Å². The van der Waals surface area contributed by atoms with Crippen molar-refractivity contribution < 1.29 is 19.1 Å². The molecule has 7 heteroatoms. The smallest absolute Gasteiger partial charge is 0.282 e. The van der Waals surface area contributed by atoms with Crippen LogP contribution in [0.5, 0.6) is 11.5 Å². The predicted molar refractivity (Wildman–Crippen MR) is 125 cm³/mol. The number of carbonyl (C=O) groups is 2. The molecule has 0 aromatic heterocycles. The zero-order chi connectivity index (χ0) is 22.8. The monoisotopic (exact) mass is 448 g/mol. The molecule has 0 spiro atoms. The first kappa shape index (κ1) is 21.5. The molecule has 1 N–H and O–H groups in total. The number of nitrogens with one attached hydrogen (secondary N) is 1. The minimum absolute atomic E-state index is 0.153. The van der Waals surface area contributed by atoms with Crippen molar-refractivity contribution in [3.63, 3.8) is 0 Å². The Morgan fingerprint density at radius 1 is 0.844 bits per heavy atom. The molecule has 2 amide bonds. The summed E-state index contributed by atoms with van der Waals surface area (Å²) < 4.78 is 10.7. The minimum Gasteiger partial charge on any atom is -0.497 e. The summed E-state index contributed by atoms with van der Waals surface area (Å²) >= 11 is 6.27. The number of benzene rings is 3. The lowest BCUT2D eigenvalue weighted by molar-refractivity contribution is -0.120. The number of methoxy groups -OCH3 is 2. The first-order chi connectivity index (χ1) is 15.5. The maximum absolute atomic E-state index is 13.6. The van der Waals surface area contributed by atoms with Gasteiger partial charge in [-0.25, -0.2) is 4.90 Å². The molecule has 0 saturated carbocycles. The van der Waals surface area contributed by atoms with Crippen LogP contribution in [0.25, 0.3) is 5.57 Å². The van der Waals surface area contributed by atoms with Crippen LogP contribution in [-0.2, 0) is 9.59 Å². The van der Waals surface area contributed by atoms with Crippen LogP contribution in [0.1, 0.15) is 11.1 Å². The van der Waals surface area contributed by atoms with Gasteiger partial charge in [0.05, 0.1) is 25.5 Å². The summed E-state index contributed by atoms with van der Waals surface area (Å²) in [6, 6.07) is 19.2. The third-order valence-electron chi connectivity index (χ3n) is 5.32. The van der Waals surface area contributed by atoms with Gasteiger partial charge in [-0.1, -0.05) is 35.9 Å². The maximum atomic E-state index is 13.6. The summed E-state index contributed by atoms with van der Waals surface area (Å²) in [5, 5.41) is 3.71. The fourth-order valence-electron chi connectivity index (χ4n) is 3.59. The maximum Gasteiger partial charge on any atom is 0.282 e. The number of anilines is 2. The van der Waals surface area contributed by atoms with E-state index in [9.17, 15) is 9.59 Å². The molecule has 0 radical (unpaired) electrons. The van der Waals surface area contributed by atoms with Crippen LogP contribution in [0.15, 0.2) is 72.4 Å². The Morgan fingerprint density at radius 2 is 1.56 bits per heavy atom.